The van der Waals surface area contributed by atoms with E-state index in [4.69, 9.17) is 0 Å². The molecule has 0 heterocycles. The summed E-state index contributed by atoms with van der Waals surface area (Å²) in [4.78, 5) is 0. The Hall–Kier alpha value is -2.38. The molecule has 2 atom stereocenters. The van der Waals surface area contributed by atoms with Gasteiger partial charge in [0.1, 0.15) is 17.5 Å². The second-order valence-corrected chi connectivity index (χ2v) is 12.0. The van der Waals surface area contributed by atoms with E-state index in [1.54, 1.807) is 19.9 Å². The maximum atomic E-state index is 15.6. The van der Waals surface area contributed by atoms with Gasteiger partial charge in [-0.05, 0) is 60.8 Å². The largest absolute Gasteiger partial charge is 0.343 e. The van der Waals surface area contributed by atoms with Gasteiger partial charge in [-0.25, -0.2) is 17.6 Å². The van der Waals surface area contributed by atoms with Crippen molar-refractivity contribution in [3.8, 4) is 0 Å². The summed E-state index contributed by atoms with van der Waals surface area (Å²) in [6.07, 6.45) is 6.29. The molecule has 1 aromatic carbocycles. The van der Waals surface area contributed by atoms with Gasteiger partial charge in [0.25, 0.3) is 0 Å². The molecule has 0 fully saturated rings. The molecule has 220 valence electrons. The van der Waals surface area contributed by atoms with E-state index < -0.39 is 68.2 Å². The summed E-state index contributed by atoms with van der Waals surface area (Å²) in [6, 6.07) is 2.28. The highest BCUT2D eigenvalue weighted by molar-refractivity contribution is 5.87. The van der Waals surface area contributed by atoms with E-state index in [0.717, 1.165) is 25.3 Å². The molecule has 0 amide bonds. The van der Waals surface area contributed by atoms with Crippen LogP contribution in [-0.4, -0.2) is 5.92 Å². The van der Waals surface area contributed by atoms with Gasteiger partial charge in [-0.1, -0.05) is 77.7 Å². The molecule has 40 heavy (non-hydrogen) atoms. The lowest BCUT2D eigenvalue weighted by molar-refractivity contribution is -0.196. The first-order valence-electron chi connectivity index (χ1n) is 14.1. The highest BCUT2D eigenvalue weighted by atomic mass is 19.3. The number of alkyl halides is 4. The number of benzene rings is 1. The SMILES string of the molecule is CCCCCC1(C)CC=C(CCc2ccc3c(c2F)C(F)(F)C(F)(F)C2=C(F)C(C)(CCC)CC=C23)C(F)=C1F. The van der Waals surface area contributed by atoms with Crippen molar-refractivity contribution in [2.45, 2.75) is 104 Å². The van der Waals surface area contributed by atoms with Crippen LogP contribution in [0.3, 0.4) is 0 Å². The van der Waals surface area contributed by atoms with Crippen LogP contribution in [0.2, 0.25) is 0 Å². The van der Waals surface area contributed by atoms with E-state index in [9.17, 15) is 8.78 Å². The highest BCUT2D eigenvalue weighted by Crippen LogP contribution is 2.62. The van der Waals surface area contributed by atoms with Crippen LogP contribution in [-0.2, 0) is 12.3 Å². The van der Waals surface area contributed by atoms with Gasteiger partial charge >= 0.3 is 11.8 Å². The molecular formula is C32H36F8. The minimum atomic E-state index is -5.02. The van der Waals surface area contributed by atoms with Crippen molar-refractivity contribution in [3.63, 3.8) is 0 Å². The third-order valence-corrected chi connectivity index (χ3v) is 8.91. The van der Waals surface area contributed by atoms with Crippen LogP contribution < -0.4 is 0 Å². The maximum Gasteiger partial charge on any atom is 0.343 e. The molecule has 3 aliphatic rings. The summed E-state index contributed by atoms with van der Waals surface area (Å²) in [5, 5.41) is 0. The van der Waals surface area contributed by atoms with Crippen LogP contribution in [0.1, 0.15) is 102 Å². The highest BCUT2D eigenvalue weighted by Gasteiger charge is 2.67. The van der Waals surface area contributed by atoms with Gasteiger partial charge in [-0.3, -0.25) is 0 Å². The topological polar surface area (TPSA) is 0 Å². The molecule has 8 heteroatoms. The number of fused-ring (bicyclic) bond motifs is 3. The van der Waals surface area contributed by atoms with E-state index in [0.29, 0.717) is 12.8 Å². The molecule has 0 spiro atoms. The molecule has 2 unspecified atom stereocenters. The summed E-state index contributed by atoms with van der Waals surface area (Å²) in [7, 11) is 0. The van der Waals surface area contributed by atoms with Crippen LogP contribution in [0.15, 0.2) is 52.9 Å². The number of hydrogen-bond acceptors (Lipinski definition) is 0. The molecule has 4 rings (SSSR count). The predicted molar refractivity (Wildman–Crippen MR) is 141 cm³/mol. The van der Waals surface area contributed by atoms with Crippen LogP contribution in [0.4, 0.5) is 35.1 Å². The molecule has 1 aromatic rings. The second-order valence-electron chi connectivity index (χ2n) is 12.0. The first-order valence-corrected chi connectivity index (χ1v) is 14.1. The van der Waals surface area contributed by atoms with Gasteiger partial charge in [-0.15, -0.1) is 0 Å². The van der Waals surface area contributed by atoms with Crippen molar-refractivity contribution >= 4 is 5.57 Å². The van der Waals surface area contributed by atoms with Crippen LogP contribution >= 0.6 is 0 Å². The van der Waals surface area contributed by atoms with Gasteiger partial charge in [0.2, 0.25) is 0 Å². The lowest BCUT2D eigenvalue weighted by Crippen LogP contribution is -2.47. The molecular weight excluding hydrogens is 536 g/mol. The van der Waals surface area contributed by atoms with Crippen molar-refractivity contribution in [2.75, 3.05) is 0 Å². The Morgan fingerprint density at radius 2 is 1.38 bits per heavy atom. The normalized spacial score (nSPS) is 27.3. The second kappa shape index (κ2) is 10.8. The van der Waals surface area contributed by atoms with Crippen LogP contribution in [0, 0.1) is 16.6 Å². The molecule has 0 bridgehead atoms. The van der Waals surface area contributed by atoms with E-state index in [-0.39, 0.29) is 43.2 Å². The van der Waals surface area contributed by atoms with Crippen LogP contribution in [0.25, 0.3) is 5.57 Å². The third kappa shape index (κ3) is 4.77. The summed E-state index contributed by atoms with van der Waals surface area (Å²) < 4.78 is 122. The Bertz CT molecular complexity index is 1300. The minimum absolute atomic E-state index is 0.00262. The molecule has 0 aromatic heterocycles. The number of unbranched alkanes of at least 4 members (excludes halogenated alkanes) is 2. The fraction of sp³-hybridized carbons (Fsp3) is 0.562. The monoisotopic (exact) mass is 572 g/mol. The summed E-state index contributed by atoms with van der Waals surface area (Å²) >= 11 is 0. The molecule has 0 aliphatic heterocycles. The van der Waals surface area contributed by atoms with Gasteiger partial charge in [0.05, 0.1) is 11.1 Å². The number of aryl methyl sites for hydroxylation is 1. The lowest BCUT2D eigenvalue weighted by Gasteiger charge is -2.42. The summed E-state index contributed by atoms with van der Waals surface area (Å²) in [5.41, 5.74) is -6.41. The van der Waals surface area contributed by atoms with Crippen molar-refractivity contribution in [2.24, 2.45) is 10.8 Å². The van der Waals surface area contributed by atoms with Crippen molar-refractivity contribution in [1.82, 2.24) is 0 Å². The predicted octanol–water partition coefficient (Wildman–Crippen LogP) is 11.4. The van der Waals surface area contributed by atoms with Gasteiger partial charge in [0.15, 0.2) is 5.83 Å². The van der Waals surface area contributed by atoms with Crippen molar-refractivity contribution in [1.29, 1.82) is 0 Å². The van der Waals surface area contributed by atoms with Gasteiger partial charge in [0, 0.05) is 10.8 Å². The molecule has 0 saturated heterocycles. The first kappa shape index (κ1) is 30.6. The molecule has 3 aliphatic carbocycles. The molecule has 0 radical (unpaired) electrons. The quantitative estimate of drug-likeness (QED) is 0.204. The fourth-order valence-corrected chi connectivity index (χ4v) is 6.30. The van der Waals surface area contributed by atoms with Crippen molar-refractivity contribution < 1.29 is 35.1 Å². The summed E-state index contributed by atoms with van der Waals surface area (Å²) in [5.74, 6) is -14.7. The van der Waals surface area contributed by atoms with Gasteiger partial charge < -0.3 is 0 Å². The number of hydrogen-bond donors (Lipinski definition) is 0. The molecule has 0 saturated carbocycles. The van der Waals surface area contributed by atoms with E-state index in [1.165, 1.54) is 19.1 Å². The first-order chi connectivity index (χ1) is 18.7. The average molecular weight is 573 g/mol. The van der Waals surface area contributed by atoms with Gasteiger partial charge in [-0.2, -0.15) is 17.6 Å². The Morgan fingerprint density at radius 1 is 0.725 bits per heavy atom. The Balaban J connectivity index is 1.66. The standard InChI is InChI=1S/C32H36F8/c1-5-7-8-16-30(4)17-13-20(26(34)28(30)36)10-9-19-11-12-21-22-14-18-29(3,15-6-2)27(35)24(22)32(39,40)31(37,38)23(21)25(19)33/h11-14H,5-10,15-18H2,1-4H3. The molecule has 0 N–H and O–H groups in total. The van der Waals surface area contributed by atoms with E-state index in [1.807, 2.05) is 6.92 Å². The zero-order valence-corrected chi connectivity index (χ0v) is 23.4. The zero-order valence-electron chi connectivity index (χ0n) is 23.4. The van der Waals surface area contributed by atoms with E-state index in [2.05, 4.69) is 0 Å². The Kier molecular flexibility index (Phi) is 8.25. The Labute approximate surface area is 230 Å². The number of halogens is 8. The minimum Gasteiger partial charge on any atom is -0.211 e. The Morgan fingerprint density at radius 3 is 2.02 bits per heavy atom. The van der Waals surface area contributed by atoms with Crippen LogP contribution in [0.5, 0.6) is 0 Å². The zero-order chi connectivity index (χ0) is 29.7. The van der Waals surface area contributed by atoms with Crippen molar-refractivity contribution in [3.05, 3.63) is 75.4 Å². The maximum absolute atomic E-state index is 15.6. The number of rotatable bonds is 9. The lowest BCUT2D eigenvalue weighted by atomic mass is 9.67. The number of allylic oxidation sites excluding steroid dienone is 8. The third-order valence-electron chi connectivity index (χ3n) is 8.91. The van der Waals surface area contributed by atoms with E-state index >= 15 is 26.3 Å². The smallest absolute Gasteiger partial charge is 0.211 e. The molecule has 0 nitrogen and oxygen atoms in total. The average Bonchev–Trinajstić information content (AvgIpc) is 2.88. The fourth-order valence-electron chi connectivity index (χ4n) is 6.30. The summed E-state index contributed by atoms with van der Waals surface area (Å²) in [6.45, 7) is 6.82.